The van der Waals surface area contributed by atoms with Crippen LogP contribution in [0.2, 0.25) is 0 Å². The summed E-state index contributed by atoms with van der Waals surface area (Å²) in [6.45, 7) is 0. The van der Waals surface area contributed by atoms with Crippen molar-refractivity contribution >= 4 is 5.97 Å². The molecule has 1 aromatic rings. The molecule has 0 aliphatic rings. The van der Waals surface area contributed by atoms with Gasteiger partial charge in [-0.2, -0.15) is 5.26 Å². The van der Waals surface area contributed by atoms with Crippen LogP contribution >= 0.6 is 0 Å². The Morgan fingerprint density at radius 1 is 1.25 bits per heavy atom. The van der Waals surface area contributed by atoms with Gasteiger partial charge in [-0.05, 0) is 12.1 Å². The third-order valence-electron chi connectivity index (χ3n) is 1.18. The maximum Gasteiger partial charge on any atom is 0.373 e. The van der Waals surface area contributed by atoms with E-state index in [0.29, 0.717) is 6.07 Å². The second-order valence-electron chi connectivity index (χ2n) is 2.04. The van der Waals surface area contributed by atoms with Crippen LogP contribution in [0.4, 0.5) is 8.78 Å². The average molecular weight is 174 g/mol. The molecule has 5 heteroatoms. The van der Waals surface area contributed by atoms with Crippen LogP contribution in [-0.4, -0.2) is 11.2 Å². The Morgan fingerprint density at radius 3 is 2.17 bits per heavy atom. The van der Waals surface area contributed by atoms with Gasteiger partial charge in [0.15, 0.2) is 0 Å². The van der Waals surface area contributed by atoms with Crippen LogP contribution in [0.3, 0.4) is 0 Å². The molecule has 12 heavy (non-hydrogen) atoms. The Morgan fingerprint density at radius 2 is 1.75 bits per heavy atom. The van der Waals surface area contributed by atoms with E-state index in [1.807, 2.05) is 0 Å². The summed E-state index contributed by atoms with van der Waals surface area (Å²) in [6.07, 6.45) is 0. The zero-order valence-corrected chi connectivity index (χ0v) is 5.75. The van der Waals surface area contributed by atoms with E-state index < -0.39 is 17.6 Å². The van der Waals surface area contributed by atoms with Crippen LogP contribution in [0, 0.1) is 11.6 Å². The molecular formula is C7H4F2O3. The lowest BCUT2D eigenvalue weighted by atomic mass is 10.2. The lowest BCUT2D eigenvalue weighted by molar-refractivity contribution is -0.182. The monoisotopic (exact) mass is 174 g/mol. The van der Waals surface area contributed by atoms with Crippen molar-refractivity contribution in [2.75, 3.05) is 0 Å². The van der Waals surface area contributed by atoms with Crippen LogP contribution in [0.1, 0.15) is 10.4 Å². The number of hydrogen-bond donors (Lipinski definition) is 1. The highest BCUT2D eigenvalue weighted by Crippen LogP contribution is 2.08. The molecule has 0 heterocycles. The highest BCUT2D eigenvalue weighted by Gasteiger charge is 2.09. The van der Waals surface area contributed by atoms with E-state index in [0.717, 1.165) is 12.1 Å². The first-order valence-electron chi connectivity index (χ1n) is 2.95. The van der Waals surface area contributed by atoms with Crippen molar-refractivity contribution in [3.63, 3.8) is 0 Å². The smallest absolute Gasteiger partial charge is 0.296 e. The van der Waals surface area contributed by atoms with Gasteiger partial charge in [0.1, 0.15) is 11.6 Å². The predicted octanol–water partition coefficient (Wildman–Crippen LogP) is 1.59. The van der Waals surface area contributed by atoms with Crippen LogP contribution in [0.15, 0.2) is 18.2 Å². The summed E-state index contributed by atoms with van der Waals surface area (Å²) in [5.74, 6) is -3.01. The standard InChI is InChI=1S/C7H4F2O3/c8-5-1-4(7(10)12-11)2-6(9)3-5/h1-3,11H. The number of benzene rings is 1. The van der Waals surface area contributed by atoms with Crippen LogP contribution in [0.25, 0.3) is 0 Å². The zero-order chi connectivity index (χ0) is 9.14. The lowest BCUT2D eigenvalue weighted by Crippen LogP contribution is -2.02. The predicted molar refractivity (Wildman–Crippen MR) is 34.4 cm³/mol. The van der Waals surface area contributed by atoms with Crippen LogP contribution in [-0.2, 0) is 4.89 Å². The summed E-state index contributed by atoms with van der Waals surface area (Å²) in [6, 6.07) is 2.11. The van der Waals surface area contributed by atoms with E-state index in [1.54, 1.807) is 0 Å². The van der Waals surface area contributed by atoms with E-state index in [-0.39, 0.29) is 5.56 Å². The molecule has 64 valence electrons. The van der Waals surface area contributed by atoms with E-state index in [4.69, 9.17) is 5.26 Å². The normalized spacial score (nSPS) is 9.58. The van der Waals surface area contributed by atoms with Gasteiger partial charge in [-0.3, -0.25) is 4.89 Å². The van der Waals surface area contributed by atoms with E-state index in [1.165, 1.54) is 0 Å². The SMILES string of the molecule is O=C(OO)c1cc(F)cc(F)c1. The van der Waals surface area contributed by atoms with Gasteiger partial charge in [0, 0.05) is 6.07 Å². The Kier molecular flexibility index (Phi) is 2.35. The first kappa shape index (κ1) is 8.61. The molecule has 0 amide bonds. The van der Waals surface area contributed by atoms with Gasteiger partial charge in [0.25, 0.3) is 0 Å². The molecule has 0 atom stereocenters. The molecule has 0 aliphatic heterocycles. The largest absolute Gasteiger partial charge is 0.373 e. The third kappa shape index (κ3) is 1.76. The Hall–Kier alpha value is -1.49. The first-order valence-corrected chi connectivity index (χ1v) is 2.95. The van der Waals surface area contributed by atoms with Gasteiger partial charge in [-0.15, -0.1) is 0 Å². The molecule has 1 rings (SSSR count). The lowest BCUT2D eigenvalue weighted by Gasteiger charge is -1.96. The molecule has 0 fully saturated rings. The number of rotatable bonds is 1. The summed E-state index contributed by atoms with van der Waals surface area (Å²) in [5.41, 5.74) is -0.380. The number of hydrogen-bond acceptors (Lipinski definition) is 3. The van der Waals surface area contributed by atoms with Crippen LogP contribution in [0.5, 0.6) is 0 Å². The molecular weight excluding hydrogens is 170 g/mol. The zero-order valence-electron chi connectivity index (χ0n) is 5.75. The molecule has 1 N–H and O–H groups in total. The van der Waals surface area contributed by atoms with Crippen molar-refractivity contribution in [3.8, 4) is 0 Å². The van der Waals surface area contributed by atoms with Gasteiger partial charge >= 0.3 is 5.97 Å². The number of carbonyl (C=O) groups excluding carboxylic acids is 1. The Labute approximate surface area is 66.1 Å². The Bertz CT molecular complexity index is 291. The molecule has 3 nitrogen and oxygen atoms in total. The second-order valence-corrected chi connectivity index (χ2v) is 2.04. The van der Waals surface area contributed by atoms with Crippen molar-refractivity contribution in [2.24, 2.45) is 0 Å². The number of halogens is 2. The van der Waals surface area contributed by atoms with Gasteiger partial charge in [-0.25, -0.2) is 13.6 Å². The van der Waals surface area contributed by atoms with Gasteiger partial charge in [0.05, 0.1) is 5.56 Å². The minimum Gasteiger partial charge on any atom is -0.296 e. The average Bonchev–Trinajstić information content (AvgIpc) is 2.01. The van der Waals surface area contributed by atoms with Crippen molar-refractivity contribution in [3.05, 3.63) is 35.4 Å². The van der Waals surface area contributed by atoms with Gasteiger partial charge < -0.3 is 0 Å². The summed E-state index contributed by atoms with van der Waals surface area (Å²) in [7, 11) is 0. The molecule has 1 aromatic carbocycles. The second kappa shape index (κ2) is 3.27. The topological polar surface area (TPSA) is 46.5 Å². The van der Waals surface area contributed by atoms with Gasteiger partial charge in [-0.1, -0.05) is 0 Å². The van der Waals surface area contributed by atoms with E-state index >= 15 is 0 Å². The molecule has 0 saturated carbocycles. The minimum atomic E-state index is -1.20. The molecule has 0 spiro atoms. The summed E-state index contributed by atoms with van der Waals surface area (Å²) in [5, 5.41) is 7.88. The van der Waals surface area contributed by atoms with Crippen LogP contribution < -0.4 is 0 Å². The third-order valence-corrected chi connectivity index (χ3v) is 1.18. The van der Waals surface area contributed by atoms with Crippen molar-refractivity contribution in [1.82, 2.24) is 0 Å². The minimum absolute atomic E-state index is 0.380. The number of carbonyl (C=O) groups is 1. The highest BCUT2D eigenvalue weighted by atomic mass is 19.1. The quantitative estimate of drug-likeness (QED) is 0.519. The molecule has 0 unspecified atom stereocenters. The highest BCUT2D eigenvalue weighted by molar-refractivity contribution is 5.88. The fourth-order valence-corrected chi connectivity index (χ4v) is 0.724. The summed E-state index contributed by atoms with van der Waals surface area (Å²) in [4.78, 5) is 13.8. The Balaban J connectivity index is 3.08. The van der Waals surface area contributed by atoms with E-state index in [9.17, 15) is 13.6 Å². The molecule has 0 saturated heterocycles. The fourth-order valence-electron chi connectivity index (χ4n) is 0.724. The van der Waals surface area contributed by atoms with Gasteiger partial charge in [0.2, 0.25) is 0 Å². The maximum atomic E-state index is 12.4. The van der Waals surface area contributed by atoms with E-state index in [2.05, 4.69) is 4.89 Å². The van der Waals surface area contributed by atoms with Crippen molar-refractivity contribution in [2.45, 2.75) is 0 Å². The molecule has 0 aliphatic carbocycles. The molecule has 0 radical (unpaired) electrons. The fraction of sp³-hybridized carbons (Fsp3) is 0. The van der Waals surface area contributed by atoms with Crippen molar-refractivity contribution in [1.29, 1.82) is 0 Å². The first-order chi connectivity index (χ1) is 5.63. The molecule has 0 aromatic heterocycles. The summed E-state index contributed by atoms with van der Waals surface area (Å²) >= 11 is 0. The summed E-state index contributed by atoms with van der Waals surface area (Å²) < 4.78 is 24.8. The maximum absolute atomic E-state index is 12.4. The molecule has 0 bridgehead atoms. The van der Waals surface area contributed by atoms with Crippen molar-refractivity contribution < 1.29 is 23.7 Å².